The van der Waals surface area contributed by atoms with Gasteiger partial charge in [0.1, 0.15) is 5.82 Å². The number of hydrogen-bond acceptors (Lipinski definition) is 4. The van der Waals surface area contributed by atoms with E-state index in [4.69, 9.17) is 0 Å². The summed E-state index contributed by atoms with van der Waals surface area (Å²) in [5.41, 5.74) is 0.313. The summed E-state index contributed by atoms with van der Waals surface area (Å²) in [6, 6.07) is 1.87. The molecule has 1 aliphatic heterocycles. The largest absolute Gasteiger partial charge is 0.309 e. The molecule has 4 heteroatoms. The van der Waals surface area contributed by atoms with Gasteiger partial charge in [0.2, 0.25) is 0 Å². The minimum Gasteiger partial charge on any atom is -0.309 e. The van der Waals surface area contributed by atoms with Gasteiger partial charge in [0.05, 0.1) is 6.54 Å². The van der Waals surface area contributed by atoms with Gasteiger partial charge >= 0.3 is 0 Å². The number of hydrogen-bond donors (Lipinski definition) is 1. The maximum Gasteiger partial charge on any atom is 0.142 e. The van der Waals surface area contributed by atoms with E-state index < -0.39 is 0 Å². The van der Waals surface area contributed by atoms with Crippen LogP contribution in [0.1, 0.15) is 25.6 Å². The fraction of sp³-hybridized carbons (Fsp3) is 0.692. The molecular weight excluding hydrogens is 212 g/mol. The lowest BCUT2D eigenvalue weighted by Crippen LogP contribution is -2.59. The smallest absolute Gasteiger partial charge is 0.142 e. The van der Waals surface area contributed by atoms with Crippen LogP contribution in [0, 0.1) is 5.92 Å². The highest BCUT2D eigenvalue weighted by molar-refractivity contribution is 5.02. The van der Waals surface area contributed by atoms with Crippen LogP contribution in [-0.2, 0) is 6.54 Å². The van der Waals surface area contributed by atoms with Gasteiger partial charge in [-0.1, -0.05) is 0 Å². The molecule has 0 radical (unpaired) electrons. The van der Waals surface area contributed by atoms with E-state index in [2.05, 4.69) is 27.1 Å². The van der Waals surface area contributed by atoms with Crippen molar-refractivity contribution < 1.29 is 0 Å². The van der Waals surface area contributed by atoms with Gasteiger partial charge in [-0.2, -0.15) is 0 Å². The van der Waals surface area contributed by atoms with Crippen LogP contribution >= 0.6 is 0 Å². The van der Waals surface area contributed by atoms with Crippen molar-refractivity contribution in [2.75, 3.05) is 19.6 Å². The van der Waals surface area contributed by atoms with E-state index in [1.165, 1.54) is 12.8 Å². The minimum absolute atomic E-state index is 0.313. The third-order valence-electron chi connectivity index (χ3n) is 3.97. The highest BCUT2D eigenvalue weighted by atomic mass is 15.2. The fourth-order valence-electron chi connectivity index (χ4n) is 2.84. The van der Waals surface area contributed by atoms with Crippen molar-refractivity contribution in [3.8, 4) is 0 Å². The number of nitrogens with one attached hydrogen (secondary N) is 1. The van der Waals surface area contributed by atoms with Crippen molar-refractivity contribution in [2.45, 2.75) is 31.8 Å². The molecule has 0 spiro atoms. The molecule has 4 nitrogen and oxygen atoms in total. The quantitative estimate of drug-likeness (QED) is 0.846. The molecule has 1 unspecified atom stereocenters. The molecule has 1 aromatic rings. The number of nitrogens with zero attached hydrogens (tertiary/aromatic N) is 3. The second-order valence-electron chi connectivity index (χ2n) is 5.49. The molecule has 2 fully saturated rings. The van der Waals surface area contributed by atoms with Gasteiger partial charge in [0.15, 0.2) is 0 Å². The highest BCUT2D eigenvalue weighted by Crippen LogP contribution is 2.40. The summed E-state index contributed by atoms with van der Waals surface area (Å²) < 4.78 is 0. The molecule has 2 heterocycles. The Labute approximate surface area is 102 Å². The average molecular weight is 232 g/mol. The lowest BCUT2D eigenvalue weighted by Gasteiger charge is -2.41. The lowest BCUT2D eigenvalue weighted by molar-refractivity contribution is 0.119. The third kappa shape index (κ3) is 2.48. The second kappa shape index (κ2) is 4.35. The van der Waals surface area contributed by atoms with E-state index >= 15 is 0 Å². The zero-order valence-electron chi connectivity index (χ0n) is 10.4. The van der Waals surface area contributed by atoms with E-state index in [1.807, 2.05) is 18.5 Å². The zero-order valence-corrected chi connectivity index (χ0v) is 10.4. The van der Waals surface area contributed by atoms with E-state index in [1.54, 1.807) is 0 Å². The molecule has 1 saturated heterocycles. The van der Waals surface area contributed by atoms with Gasteiger partial charge in [-0.05, 0) is 31.7 Å². The number of piperazine rings is 1. The fourth-order valence-corrected chi connectivity index (χ4v) is 2.84. The maximum atomic E-state index is 4.31. The first-order valence-electron chi connectivity index (χ1n) is 6.49. The zero-order chi connectivity index (χ0) is 11.7. The van der Waals surface area contributed by atoms with Crippen LogP contribution in [0.25, 0.3) is 0 Å². The Morgan fingerprint density at radius 2 is 2.18 bits per heavy atom. The summed E-state index contributed by atoms with van der Waals surface area (Å²) >= 11 is 0. The molecule has 1 N–H and O–H groups in total. The Balaban J connectivity index is 1.64. The monoisotopic (exact) mass is 232 g/mol. The Bertz CT molecular complexity index is 376. The van der Waals surface area contributed by atoms with E-state index in [0.717, 1.165) is 37.9 Å². The van der Waals surface area contributed by atoms with Crippen LogP contribution in [0.2, 0.25) is 0 Å². The van der Waals surface area contributed by atoms with Crippen LogP contribution in [0.4, 0.5) is 0 Å². The molecule has 1 aromatic heterocycles. The molecule has 0 bridgehead atoms. The van der Waals surface area contributed by atoms with Crippen molar-refractivity contribution in [1.82, 2.24) is 20.2 Å². The third-order valence-corrected chi connectivity index (χ3v) is 3.97. The summed E-state index contributed by atoms with van der Waals surface area (Å²) in [6.45, 7) is 6.55. The molecule has 1 aliphatic carbocycles. The van der Waals surface area contributed by atoms with Crippen LogP contribution < -0.4 is 5.32 Å². The lowest BCUT2D eigenvalue weighted by atomic mass is 9.93. The first-order chi connectivity index (χ1) is 8.26. The van der Waals surface area contributed by atoms with Crippen molar-refractivity contribution in [2.24, 2.45) is 5.92 Å². The number of rotatable bonds is 3. The SMILES string of the molecule is CC1(C2CC2)CN(Cc2ncccn2)CCN1. The Hall–Kier alpha value is -1.00. The second-order valence-corrected chi connectivity index (χ2v) is 5.49. The maximum absolute atomic E-state index is 4.31. The summed E-state index contributed by atoms with van der Waals surface area (Å²) in [5, 5.41) is 3.69. The van der Waals surface area contributed by atoms with Crippen LogP contribution in [0.5, 0.6) is 0 Å². The topological polar surface area (TPSA) is 41.1 Å². The van der Waals surface area contributed by atoms with Crippen molar-refractivity contribution in [1.29, 1.82) is 0 Å². The molecule has 1 saturated carbocycles. The summed E-state index contributed by atoms with van der Waals surface area (Å²) in [7, 11) is 0. The Kier molecular flexibility index (Phi) is 2.84. The summed E-state index contributed by atoms with van der Waals surface area (Å²) in [4.78, 5) is 11.1. The van der Waals surface area contributed by atoms with Gasteiger partial charge in [0, 0.05) is 37.6 Å². The first-order valence-corrected chi connectivity index (χ1v) is 6.49. The van der Waals surface area contributed by atoms with Gasteiger partial charge < -0.3 is 5.32 Å². The molecule has 3 rings (SSSR count). The predicted molar refractivity (Wildman–Crippen MR) is 66.4 cm³/mol. The van der Waals surface area contributed by atoms with Gasteiger partial charge in [-0.3, -0.25) is 4.90 Å². The average Bonchev–Trinajstić information content (AvgIpc) is 3.14. The minimum atomic E-state index is 0.313. The van der Waals surface area contributed by atoms with Crippen LogP contribution in [0.3, 0.4) is 0 Å². The standard InChI is InChI=1S/C13H20N4/c1-13(11-3-4-11)10-17(8-7-16-13)9-12-14-5-2-6-15-12/h2,5-6,11,16H,3-4,7-10H2,1H3. The normalized spacial score (nSPS) is 30.4. The molecule has 1 atom stereocenters. The summed E-state index contributed by atoms with van der Waals surface area (Å²) in [5.74, 6) is 1.81. The highest BCUT2D eigenvalue weighted by Gasteiger charge is 2.43. The van der Waals surface area contributed by atoms with Crippen molar-refractivity contribution >= 4 is 0 Å². The molecule has 0 aromatic carbocycles. The molecule has 2 aliphatic rings. The summed E-state index contributed by atoms with van der Waals surface area (Å²) in [6.07, 6.45) is 6.42. The van der Waals surface area contributed by atoms with Crippen LogP contribution in [-0.4, -0.2) is 40.0 Å². The molecular formula is C13H20N4. The van der Waals surface area contributed by atoms with Crippen LogP contribution in [0.15, 0.2) is 18.5 Å². The first kappa shape index (κ1) is 11.1. The predicted octanol–water partition coefficient (Wildman–Crippen LogP) is 1.05. The van der Waals surface area contributed by atoms with E-state index in [-0.39, 0.29) is 0 Å². The number of aromatic nitrogens is 2. The Morgan fingerprint density at radius 1 is 1.41 bits per heavy atom. The Morgan fingerprint density at radius 3 is 2.88 bits per heavy atom. The van der Waals surface area contributed by atoms with Crippen molar-refractivity contribution in [3.63, 3.8) is 0 Å². The van der Waals surface area contributed by atoms with E-state index in [0.29, 0.717) is 5.54 Å². The van der Waals surface area contributed by atoms with Gasteiger partial charge in [-0.15, -0.1) is 0 Å². The molecule has 0 amide bonds. The molecule has 92 valence electrons. The van der Waals surface area contributed by atoms with E-state index in [9.17, 15) is 0 Å². The molecule has 17 heavy (non-hydrogen) atoms. The van der Waals surface area contributed by atoms with Gasteiger partial charge in [-0.25, -0.2) is 9.97 Å². The van der Waals surface area contributed by atoms with Crippen molar-refractivity contribution in [3.05, 3.63) is 24.3 Å². The van der Waals surface area contributed by atoms with Gasteiger partial charge in [0.25, 0.3) is 0 Å².